The summed E-state index contributed by atoms with van der Waals surface area (Å²) in [7, 11) is 1.30. The van der Waals surface area contributed by atoms with Gasteiger partial charge >= 0.3 is 5.97 Å². The van der Waals surface area contributed by atoms with Crippen LogP contribution in [-0.2, 0) is 14.9 Å². The topological polar surface area (TPSA) is 56.5 Å². The van der Waals surface area contributed by atoms with Gasteiger partial charge in [-0.3, -0.25) is 4.79 Å². The molecule has 1 atom stereocenters. The summed E-state index contributed by atoms with van der Waals surface area (Å²) < 4.78 is 11.6. The van der Waals surface area contributed by atoms with Gasteiger partial charge in [-0.2, -0.15) is 0 Å². The van der Waals surface area contributed by atoms with E-state index in [-0.39, 0.29) is 22.9 Å². The van der Waals surface area contributed by atoms with E-state index in [0.717, 1.165) is 0 Å². The molecule has 0 spiro atoms. The van der Waals surface area contributed by atoms with Gasteiger partial charge in [0.1, 0.15) is 11.5 Å². The number of hydrogen-bond donors (Lipinski definition) is 0. The molecule has 4 nitrogen and oxygen atoms in total. The Morgan fingerprint density at radius 1 is 1.15 bits per heavy atom. The minimum absolute atomic E-state index is 0.0126. The molecule has 0 aliphatic carbocycles. The summed E-state index contributed by atoms with van der Waals surface area (Å²) >= 11 is 2.30. The highest BCUT2D eigenvalue weighted by molar-refractivity contribution is 14.1. The number of Topliss-reactive ketones (excluding diaryl/α,β-unsaturated/α-hetero) is 1. The Labute approximate surface area is 169 Å². The van der Waals surface area contributed by atoms with Crippen LogP contribution in [0.15, 0.2) is 34.7 Å². The number of carbonyl (C=O) groups is 2. The zero-order valence-electron chi connectivity index (χ0n) is 16.5. The monoisotopic (exact) mass is 470 g/mol. The number of ketones is 1. The van der Waals surface area contributed by atoms with Gasteiger partial charge < -0.3 is 9.15 Å². The second-order valence-electron chi connectivity index (χ2n) is 7.26. The number of halogens is 1. The highest BCUT2D eigenvalue weighted by Crippen LogP contribution is 2.32. The Balaban J connectivity index is 0.000000350. The number of rotatable bonds is 3. The molecular formula is C21H27IO4. The molecule has 0 aliphatic heterocycles. The maximum absolute atomic E-state index is 11.7. The molecule has 0 amide bonds. The van der Waals surface area contributed by atoms with E-state index in [9.17, 15) is 9.59 Å². The van der Waals surface area contributed by atoms with Crippen molar-refractivity contribution < 1.29 is 18.7 Å². The Bertz CT molecular complexity index is 730. The van der Waals surface area contributed by atoms with Crippen LogP contribution in [0.1, 0.15) is 68.0 Å². The van der Waals surface area contributed by atoms with Gasteiger partial charge in [0.05, 0.1) is 7.11 Å². The van der Waals surface area contributed by atoms with Crippen LogP contribution in [0, 0.1) is 10.5 Å². The fourth-order valence-corrected chi connectivity index (χ4v) is 2.46. The minimum Gasteiger partial charge on any atom is -0.463 e. The van der Waals surface area contributed by atoms with Crippen LogP contribution in [0.4, 0.5) is 0 Å². The summed E-state index contributed by atoms with van der Waals surface area (Å²) in [5, 5.41) is 0. The SMILES string of the molecule is COC(=O)c1oc(C(C)(C)C)cc1C(C)C(C)=O.Cc1ccc(I)cc1. The lowest BCUT2D eigenvalue weighted by atomic mass is 9.91. The molecule has 0 bridgehead atoms. The van der Waals surface area contributed by atoms with Gasteiger partial charge in [0.2, 0.25) is 5.76 Å². The number of methoxy groups -OCH3 is 1. The summed E-state index contributed by atoms with van der Waals surface area (Å²) in [6, 6.07) is 10.2. The third kappa shape index (κ3) is 6.27. The molecule has 0 saturated carbocycles. The lowest BCUT2D eigenvalue weighted by Crippen LogP contribution is -2.09. The molecule has 142 valence electrons. The summed E-state index contributed by atoms with van der Waals surface area (Å²) in [6.07, 6.45) is 0. The Hall–Kier alpha value is -1.63. The van der Waals surface area contributed by atoms with Crippen LogP contribution in [0.25, 0.3) is 0 Å². The molecule has 1 aromatic carbocycles. The van der Waals surface area contributed by atoms with Crippen molar-refractivity contribution in [2.24, 2.45) is 0 Å². The first kappa shape index (κ1) is 22.4. The molecule has 0 fully saturated rings. The van der Waals surface area contributed by atoms with Crippen molar-refractivity contribution in [2.75, 3.05) is 7.11 Å². The second kappa shape index (κ2) is 9.35. The Morgan fingerprint density at radius 3 is 2.08 bits per heavy atom. The summed E-state index contributed by atoms with van der Waals surface area (Å²) in [5.74, 6) is -0.134. The predicted octanol–water partition coefficient (Wildman–Crippen LogP) is 5.66. The Morgan fingerprint density at radius 2 is 1.69 bits per heavy atom. The molecule has 0 N–H and O–H groups in total. The van der Waals surface area contributed by atoms with Crippen LogP contribution in [0.3, 0.4) is 0 Å². The van der Waals surface area contributed by atoms with Crippen molar-refractivity contribution >= 4 is 34.3 Å². The minimum atomic E-state index is -0.548. The number of aryl methyl sites for hydroxylation is 1. The molecule has 0 radical (unpaired) electrons. The molecule has 1 heterocycles. The van der Waals surface area contributed by atoms with Gasteiger partial charge in [-0.1, -0.05) is 45.4 Å². The van der Waals surface area contributed by atoms with Crippen molar-refractivity contribution in [3.63, 3.8) is 0 Å². The van der Waals surface area contributed by atoms with E-state index in [1.54, 1.807) is 13.0 Å². The molecule has 26 heavy (non-hydrogen) atoms. The molecule has 1 unspecified atom stereocenters. The van der Waals surface area contributed by atoms with E-state index in [2.05, 4.69) is 58.5 Å². The molecule has 2 aromatic rings. The van der Waals surface area contributed by atoms with E-state index in [4.69, 9.17) is 4.42 Å². The van der Waals surface area contributed by atoms with E-state index in [1.807, 2.05) is 20.8 Å². The number of hydrogen-bond acceptors (Lipinski definition) is 4. The molecule has 5 heteroatoms. The number of ether oxygens (including phenoxy) is 1. The van der Waals surface area contributed by atoms with Crippen LogP contribution >= 0.6 is 22.6 Å². The molecule has 2 rings (SSSR count). The second-order valence-corrected chi connectivity index (χ2v) is 8.51. The highest BCUT2D eigenvalue weighted by atomic mass is 127. The van der Waals surface area contributed by atoms with Crippen molar-refractivity contribution in [3.05, 3.63) is 56.5 Å². The van der Waals surface area contributed by atoms with E-state index in [1.165, 1.54) is 23.2 Å². The van der Waals surface area contributed by atoms with Crippen molar-refractivity contribution in [2.45, 2.75) is 52.9 Å². The van der Waals surface area contributed by atoms with E-state index >= 15 is 0 Å². The first-order valence-corrected chi connectivity index (χ1v) is 9.50. The maximum Gasteiger partial charge on any atom is 0.374 e. The fourth-order valence-electron chi connectivity index (χ4n) is 2.10. The quantitative estimate of drug-likeness (QED) is 0.430. The number of carbonyl (C=O) groups excluding carboxylic acids is 2. The zero-order valence-corrected chi connectivity index (χ0v) is 18.6. The summed E-state index contributed by atoms with van der Waals surface area (Å²) in [5.41, 5.74) is 1.70. The first-order valence-electron chi connectivity index (χ1n) is 8.42. The third-order valence-corrected chi connectivity index (χ3v) is 4.68. The standard InChI is InChI=1S/C14H20O4.C7H7I/c1-8(9(2)15)10-7-11(14(3,4)5)18-12(10)13(16)17-6;1-6-2-4-7(8)5-3-6/h7-8H,1-6H3;2-5H,1H3. The largest absolute Gasteiger partial charge is 0.463 e. The first-order chi connectivity index (χ1) is 12.0. The van der Waals surface area contributed by atoms with Crippen LogP contribution in [0.5, 0.6) is 0 Å². The van der Waals surface area contributed by atoms with Crippen molar-refractivity contribution in [3.8, 4) is 0 Å². The van der Waals surface area contributed by atoms with Crippen molar-refractivity contribution in [1.82, 2.24) is 0 Å². The summed E-state index contributed by atoms with van der Waals surface area (Å²) in [6.45, 7) is 11.3. The predicted molar refractivity (Wildman–Crippen MR) is 112 cm³/mol. The van der Waals surface area contributed by atoms with Gasteiger partial charge in [0, 0.05) is 20.5 Å². The fraction of sp³-hybridized carbons (Fsp3) is 0.429. The van der Waals surface area contributed by atoms with Crippen LogP contribution in [-0.4, -0.2) is 18.9 Å². The van der Waals surface area contributed by atoms with Gasteiger partial charge in [0.15, 0.2) is 0 Å². The number of esters is 1. The molecular weight excluding hydrogens is 443 g/mol. The van der Waals surface area contributed by atoms with Crippen LogP contribution < -0.4 is 0 Å². The average molecular weight is 470 g/mol. The third-order valence-electron chi connectivity index (χ3n) is 3.96. The van der Waals surface area contributed by atoms with E-state index in [0.29, 0.717) is 11.3 Å². The smallest absolute Gasteiger partial charge is 0.374 e. The summed E-state index contributed by atoms with van der Waals surface area (Å²) in [4.78, 5) is 23.1. The lowest BCUT2D eigenvalue weighted by Gasteiger charge is -2.13. The van der Waals surface area contributed by atoms with Gasteiger partial charge in [-0.15, -0.1) is 0 Å². The van der Waals surface area contributed by atoms with Gasteiger partial charge in [-0.25, -0.2) is 4.79 Å². The average Bonchev–Trinajstić information content (AvgIpc) is 3.02. The highest BCUT2D eigenvalue weighted by Gasteiger charge is 2.29. The molecule has 1 aromatic heterocycles. The van der Waals surface area contributed by atoms with Gasteiger partial charge in [-0.05, 0) is 54.6 Å². The number of furan rings is 1. The number of benzene rings is 1. The van der Waals surface area contributed by atoms with Crippen molar-refractivity contribution in [1.29, 1.82) is 0 Å². The Kier molecular flexibility index (Phi) is 8.06. The zero-order chi connectivity index (χ0) is 20.1. The molecule has 0 aliphatic rings. The van der Waals surface area contributed by atoms with Crippen LogP contribution in [0.2, 0.25) is 0 Å². The van der Waals surface area contributed by atoms with E-state index < -0.39 is 5.97 Å². The van der Waals surface area contributed by atoms with Gasteiger partial charge in [0.25, 0.3) is 0 Å². The maximum atomic E-state index is 11.7. The lowest BCUT2D eigenvalue weighted by molar-refractivity contribution is -0.118. The normalized spacial score (nSPS) is 12.0. The molecule has 0 saturated heterocycles.